The third-order valence-corrected chi connectivity index (χ3v) is 3.77. The highest BCUT2D eigenvalue weighted by molar-refractivity contribution is 5.83. The zero-order valence-corrected chi connectivity index (χ0v) is 11.9. The zero-order valence-electron chi connectivity index (χ0n) is 11.9. The molecule has 0 spiro atoms. The van der Waals surface area contributed by atoms with Crippen LogP contribution in [0.15, 0.2) is 30.3 Å². The average Bonchev–Trinajstić information content (AvgIpc) is 2.94. The predicted octanol–water partition coefficient (Wildman–Crippen LogP) is 1.02. The molecule has 0 radical (unpaired) electrons. The number of likely N-dealkylation sites (tertiary alicyclic amines) is 1. The number of benzene rings is 1. The summed E-state index contributed by atoms with van der Waals surface area (Å²) in [7, 11) is 0. The van der Waals surface area contributed by atoms with Gasteiger partial charge in [0.15, 0.2) is 6.04 Å². The molecule has 3 atom stereocenters. The summed E-state index contributed by atoms with van der Waals surface area (Å²) in [4.78, 5) is 24.7. The highest BCUT2D eigenvalue weighted by atomic mass is 16.4. The molecule has 0 saturated carbocycles. The number of carbonyl (C=O) groups excluding carboxylic acids is 1. The maximum absolute atomic E-state index is 12.1. The fourth-order valence-corrected chi connectivity index (χ4v) is 2.56. The number of aliphatic carboxylic acids is 1. The van der Waals surface area contributed by atoms with E-state index >= 15 is 0 Å². The molecule has 3 N–H and O–H groups in total. The summed E-state index contributed by atoms with van der Waals surface area (Å²) in [5.74, 6) is -0.969. The SMILES string of the molecule is CC(O)C(NC(=O)N1CCC(c2ccccc2)C1)C(=O)O. The van der Waals surface area contributed by atoms with E-state index < -0.39 is 24.1 Å². The summed E-state index contributed by atoms with van der Waals surface area (Å²) in [5, 5.41) is 20.7. The molecule has 1 aliphatic rings. The standard InChI is InChI=1S/C15H20N2O4/c1-10(18)13(14(19)20)16-15(21)17-8-7-12(9-17)11-5-3-2-4-6-11/h2-6,10,12-13,18H,7-9H2,1H3,(H,16,21)(H,19,20). The van der Waals surface area contributed by atoms with Crippen LogP contribution in [0.1, 0.15) is 24.8 Å². The Morgan fingerprint density at radius 2 is 2.00 bits per heavy atom. The van der Waals surface area contributed by atoms with Crippen molar-refractivity contribution in [2.24, 2.45) is 0 Å². The van der Waals surface area contributed by atoms with E-state index in [0.717, 1.165) is 6.42 Å². The lowest BCUT2D eigenvalue weighted by Gasteiger charge is -2.22. The molecule has 1 fully saturated rings. The van der Waals surface area contributed by atoms with Crippen molar-refractivity contribution in [3.05, 3.63) is 35.9 Å². The average molecular weight is 292 g/mol. The molecule has 1 heterocycles. The van der Waals surface area contributed by atoms with Crippen molar-refractivity contribution >= 4 is 12.0 Å². The van der Waals surface area contributed by atoms with Crippen molar-refractivity contribution in [2.75, 3.05) is 13.1 Å². The molecule has 21 heavy (non-hydrogen) atoms. The minimum absolute atomic E-state index is 0.270. The largest absolute Gasteiger partial charge is 0.480 e. The molecular weight excluding hydrogens is 272 g/mol. The molecule has 0 bridgehead atoms. The van der Waals surface area contributed by atoms with Crippen LogP contribution in [0.4, 0.5) is 4.79 Å². The van der Waals surface area contributed by atoms with Gasteiger partial charge in [-0.15, -0.1) is 0 Å². The number of carbonyl (C=O) groups is 2. The Labute approximate surface area is 123 Å². The topological polar surface area (TPSA) is 89.9 Å². The lowest BCUT2D eigenvalue weighted by molar-refractivity contribution is -0.141. The second-order valence-corrected chi connectivity index (χ2v) is 5.35. The summed E-state index contributed by atoms with van der Waals surface area (Å²) in [5.41, 5.74) is 1.18. The first-order chi connectivity index (χ1) is 9.99. The van der Waals surface area contributed by atoms with E-state index in [1.807, 2.05) is 30.3 Å². The van der Waals surface area contributed by atoms with Crippen molar-refractivity contribution in [1.29, 1.82) is 0 Å². The van der Waals surface area contributed by atoms with Crippen LogP contribution >= 0.6 is 0 Å². The van der Waals surface area contributed by atoms with Crippen molar-refractivity contribution in [2.45, 2.75) is 31.4 Å². The maximum atomic E-state index is 12.1. The molecule has 0 aromatic heterocycles. The monoisotopic (exact) mass is 292 g/mol. The second kappa shape index (κ2) is 6.58. The van der Waals surface area contributed by atoms with E-state index in [-0.39, 0.29) is 5.92 Å². The van der Waals surface area contributed by atoms with Gasteiger partial charge < -0.3 is 20.4 Å². The molecule has 6 heteroatoms. The van der Waals surface area contributed by atoms with Crippen LogP contribution in [0.3, 0.4) is 0 Å². The quantitative estimate of drug-likeness (QED) is 0.773. The van der Waals surface area contributed by atoms with Crippen molar-refractivity contribution in [3.63, 3.8) is 0 Å². The Hall–Kier alpha value is -2.08. The van der Waals surface area contributed by atoms with Crippen LogP contribution in [0.5, 0.6) is 0 Å². The van der Waals surface area contributed by atoms with Gasteiger partial charge in [-0.25, -0.2) is 9.59 Å². The number of carboxylic acid groups (broad SMARTS) is 1. The summed E-state index contributed by atoms with van der Waals surface area (Å²) >= 11 is 0. The molecule has 2 rings (SSSR count). The minimum Gasteiger partial charge on any atom is -0.480 e. The van der Waals surface area contributed by atoms with Crippen LogP contribution < -0.4 is 5.32 Å². The van der Waals surface area contributed by atoms with Crippen LogP contribution in [-0.2, 0) is 4.79 Å². The van der Waals surface area contributed by atoms with Gasteiger partial charge in [0.05, 0.1) is 6.10 Å². The number of hydrogen-bond donors (Lipinski definition) is 3. The van der Waals surface area contributed by atoms with E-state index in [2.05, 4.69) is 5.32 Å². The molecule has 1 saturated heterocycles. The summed E-state index contributed by atoms with van der Waals surface area (Å²) < 4.78 is 0. The Morgan fingerprint density at radius 3 is 2.57 bits per heavy atom. The fourth-order valence-electron chi connectivity index (χ4n) is 2.56. The predicted molar refractivity (Wildman–Crippen MR) is 77.0 cm³/mol. The van der Waals surface area contributed by atoms with Gasteiger partial charge in [-0.2, -0.15) is 0 Å². The van der Waals surface area contributed by atoms with E-state index in [1.165, 1.54) is 12.5 Å². The highest BCUT2D eigenvalue weighted by Crippen LogP contribution is 2.26. The summed E-state index contributed by atoms with van der Waals surface area (Å²) in [6, 6.07) is 8.21. The lowest BCUT2D eigenvalue weighted by atomic mass is 9.99. The highest BCUT2D eigenvalue weighted by Gasteiger charge is 2.31. The number of carboxylic acids is 1. The van der Waals surface area contributed by atoms with Crippen LogP contribution in [-0.4, -0.2) is 52.3 Å². The number of nitrogens with one attached hydrogen (secondary N) is 1. The fraction of sp³-hybridized carbons (Fsp3) is 0.467. The van der Waals surface area contributed by atoms with Gasteiger partial charge in [-0.05, 0) is 18.9 Å². The van der Waals surface area contributed by atoms with Crippen LogP contribution in [0.25, 0.3) is 0 Å². The van der Waals surface area contributed by atoms with Gasteiger partial charge in [-0.3, -0.25) is 0 Å². The molecule has 1 aromatic rings. The number of aliphatic hydroxyl groups excluding tert-OH is 1. The summed E-state index contributed by atoms with van der Waals surface area (Å²) in [6.45, 7) is 2.48. The van der Waals surface area contributed by atoms with E-state index in [4.69, 9.17) is 5.11 Å². The molecule has 1 aliphatic heterocycles. The number of urea groups is 1. The Balaban J connectivity index is 1.95. The molecule has 1 aromatic carbocycles. The first-order valence-corrected chi connectivity index (χ1v) is 7.00. The van der Waals surface area contributed by atoms with Gasteiger partial charge in [0, 0.05) is 19.0 Å². The molecule has 0 aliphatic carbocycles. The third-order valence-electron chi connectivity index (χ3n) is 3.77. The van der Waals surface area contributed by atoms with Gasteiger partial charge in [0.2, 0.25) is 0 Å². The molecular formula is C15H20N2O4. The summed E-state index contributed by atoms with van der Waals surface area (Å²) in [6.07, 6.45) is -0.289. The van der Waals surface area contributed by atoms with Crippen molar-refractivity contribution in [1.82, 2.24) is 10.2 Å². The number of nitrogens with zero attached hydrogens (tertiary/aromatic N) is 1. The Bertz CT molecular complexity index is 504. The van der Waals surface area contributed by atoms with E-state index in [1.54, 1.807) is 4.90 Å². The first-order valence-electron chi connectivity index (χ1n) is 7.00. The zero-order chi connectivity index (χ0) is 15.4. The number of hydrogen-bond acceptors (Lipinski definition) is 3. The normalized spacial score (nSPS) is 20.9. The van der Waals surface area contributed by atoms with E-state index in [9.17, 15) is 14.7 Å². The first kappa shape index (κ1) is 15.3. The van der Waals surface area contributed by atoms with Crippen molar-refractivity contribution in [3.8, 4) is 0 Å². The molecule has 3 unspecified atom stereocenters. The smallest absolute Gasteiger partial charge is 0.328 e. The minimum atomic E-state index is -1.28. The number of aliphatic hydroxyl groups is 1. The molecule has 6 nitrogen and oxygen atoms in total. The Morgan fingerprint density at radius 1 is 1.33 bits per heavy atom. The molecule has 114 valence electrons. The van der Waals surface area contributed by atoms with Crippen LogP contribution in [0, 0.1) is 0 Å². The lowest BCUT2D eigenvalue weighted by Crippen LogP contribution is -2.51. The maximum Gasteiger partial charge on any atom is 0.328 e. The molecule has 2 amide bonds. The van der Waals surface area contributed by atoms with Gasteiger partial charge >= 0.3 is 12.0 Å². The van der Waals surface area contributed by atoms with Crippen LogP contribution in [0.2, 0.25) is 0 Å². The van der Waals surface area contributed by atoms with Gasteiger partial charge in [0.25, 0.3) is 0 Å². The van der Waals surface area contributed by atoms with Crippen molar-refractivity contribution < 1.29 is 19.8 Å². The third kappa shape index (κ3) is 3.72. The number of rotatable bonds is 4. The van der Waals surface area contributed by atoms with Gasteiger partial charge in [0.1, 0.15) is 0 Å². The Kier molecular flexibility index (Phi) is 4.80. The second-order valence-electron chi connectivity index (χ2n) is 5.35. The van der Waals surface area contributed by atoms with E-state index in [0.29, 0.717) is 13.1 Å². The number of amides is 2. The van der Waals surface area contributed by atoms with Gasteiger partial charge in [-0.1, -0.05) is 30.3 Å².